The van der Waals surface area contributed by atoms with Crippen molar-refractivity contribution in [2.24, 2.45) is 5.41 Å². The van der Waals surface area contributed by atoms with Crippen LogP contribution in [0.25, 0.3) is 16.7 Å². The second kappa shape index (κ2) is 15.2. The molecule has 14 heteroatoms. The molecule has 6 rings (SSSR count). The van der Waals surface area contributed by atoms with E-state index in [2.05, 4.69) is 31.1 Å². The molecule has 0 aliphatic carbocycles. The van der Waals surface area contributed by atoms with Crippen molar-refractivity contribution in [1.29, 1.82) is 0 Å². The summed E-state index contributed by atoms with van der Waals surface area (Å²) in [6.07, 6.45) is -1.98. The Balaban J connectivity index is 1.37. The topological polar surface area (TPSA) is 119 Å². The maximum Gasteiger partial charge on any atom is 0.414 e. The van der Waals surface area contributed by atoms with Gasteiger partial charge in [0.05, 0.1) is 28.6 Å². The number of imidazole rings is 1. The van der Waals surface area contributed by atoms with Crippen molar-refractivity contribution in [2.45, 2.75) is 86.1 Å². The molecule has 2 aromatic heterocycles. The van der Waals surface area contributed by atoms with Gasteiger partial charge in [-0.2, -0.15) is 0 Å². The maximum absolute atomic E-state index is 13.6. The van der Waals surface area contributed by atoms with E-state index in [1.165, 1.54) is 0 Å². The predicted octanol–water partition coefficient (Wildman–Crippen LogP) is 9.54. The highest BCUT2D eigenvalue weighted by molar-refractivity contribution is 7.13. The number of carbonyl (C=O) groups excluding carboxylic acids is 3. The molecule has 0 radical (unpaired) electrons. The van der Waals surface area contributed by atoms with Crippen LogP contribution in [0.3, 0.4) is 0 Å². The molecule has 0 fully saturated rings. The standard InChI is InChI=1S/C40H44F2N6O5S/c1-24(39(2,3)4)47(37(50)52-23-25-11-9-8-10-12-25)22-26-13-16-30-29(19-26)44-36(45-34(49)32-21-43-35(54-32)33(41)42)48(30)28-15-14-27-17-18-46(31(27)20-28)38(51)53-40(5,6)7/h8-16,19-21,24,33H,17-18,22-23H2,1-7H3,(H,44,45,49)/t24-/m0/s1. The zero-order valence-corrected chi connectivity index (χ0v) is 32.2. The van der Waals surface area contributed by atoms with Gasteiger partial charge in [0, 0.05) is 19.1 Å². The highest BCUT2D eigenvalue weighted by atomic mass is 32.1. The number of carbonyl (C=O) groups is 3. The molecule has 3 aromatic carbocycles. The minimum Gasteiger partial charge on any atom is -0.445 e. The summed E-state index contributed by atoms with van der Waals surface area (Å²) in [5, 5.41) is 2.33. The van der Waals surface area contributed by atoms with E-state index in [4.69, 9.17) is 14.5 Å². The Morgan fingerprint density at radius 1 is 0.981 bits per heavy atom. The zero-order valence-electron chi connectivity index (χ0n) is 31.4. The SMILES string of the molecule is C[C@H](N(Cc1ccc2c(c1)nc(NC(=O)c1cnc(C(F)F)s1)n2-c1ccc2c(c1)N(C(=O)OC(C)(C)C)CC2)C(=O)OCc1ccccc1)C(C)(C)C. The molecule has 1 N–H and O–H groups in total. The van der Waals surface area contributed by atoms with Gasteiger partial charge in [-0.1, -0.05) is 63.2 Å². The minimum atomic E-state index is -2.81. The normalized spacial score (nSPS) is 13.6. The molecule has 284 valence electrons. The van der Waals surface area contributed by atoms with Crippen LogP contribution in [-0.4, -0.2) is 55.7 Å². The van der Waals surface area contributed by atoms with E-state index in [-0.39, 0.29) is 35.4 Å². The summed E-state index contributed by atoms with van der Waals surface area (Å²) in [5.41, 5.74) is 4.04. The van der Waals surface area contributed by atoms with E-state index in [1.807, 2.05) is 94.4 Å². The van der Waals surface area contributed by atoms with Gasteiger partial charge in [-0.3, -0.25) is 19.6 Å². The van der Waals surface area contributed by atoms with Gasteiger partial charge in [0.25, 0.3) is 12.3 Å². The van der Waals surface area contributed by atoms with Gasteiger partial charge in [0.2, 0.25) is 5.95 Å². The number of hydrogen-bond acceptors (Lipinski definition) is 8. The lowest BCUT2D eigenvalue weighted by Crippen LogP contribution is -2.45. The highest BCUT2D eigenvalue weighted by Crippen LogP contribution is 2.35. The van der Waals surface area contributed by atoms with E-state index in [0.717, 1.165) is 22.9 Å². The highest BCUT2D eigenvalue weighted by Gasteiger charge is 2.32. The Hall–Kier alpha value is -5.37. The first-order valence-electron chi connectivity index (χ1n) is 17.7. The van der Waals surface area contributed by atoms with Gasteiger partial charge in [-0.25, -0.2) is 28.3 Å². The number of hydrogen-bond donors (Lipinski definition) is 1. The lowest BCUT2D eigenvalue weighted by atomic mass is 9.87. The number of halogens is 2. The van der Waals surface area contributed by atoms with E-state index < -0.39 is 35.1 Å². The summed E-state index contributed by atoms with van der Waals surface area (Å²) in [5.74, 6) is -0.526. The lowest BCUT2D eigenvalue weighted by molar-refractivity contribution is 0.0539. The summed E-state index contributed by atoms with van der Waals surface area (Å²) >= 11 is 0.602. The predicted molar refractivity (Wildman–Crippen MR) is 204 cm³/mol. The summed E-state index contributed by atoms with van der Waals surface area (Å²) in [4.78, 5) is 52.0. The maximum atomic E-state index is 13.6. The van der Waals surface area contributed by atoms with Gasteiger partial charge >= 0.3 is 12.2 Å². The number of aromatic nitrogens is 3. The second-order valence-corrected chi connectivity index (χ2v) is 16.4. The van der Waals surface area contributed by atoms with Gasteiger partial charge < -0.3 is 14.4 Å². The molecule has 3 heterocycles. The van der Waals surface area contributed by atoms with Gasteiger partial charge in [-0.15, -0.1) is 11.3 Å². The van der Waals surface area contributed by atoms with Crippen molar-refractivity contribution in [3.8, 4) is 5.69 Å². The molecule has 5 aromatic rings. The Morgan fingerprint density at radius 2 is 1.72 bits per heavy atom. The van der Waals surface area contributed by atoms with Crippen LogP contribution in [0.5, 0.6) is 0 Å². The van der Waals surface area contributed by atoms with Gasteiger partial charge in [0.1, 0.15) is 17.1 Å². The van der Waals surface area contributed by atoms with Crippen molar-refractivity contribution < 1.29 is 32.6 Å². The number of thiazole rings is 1. The molecule has 3 amide bonds. The summed E-state index contributed by atoms with van der Waals surface area (Å²) in [7, 11) is 0. The summed E-state index contributed by atoms with van der Waals surface area (Å²) < 4.78 is 39.8. The largest absolute Gasteiger partial charge is 0.445 e. The van der Waals surface area contributed by atoms with Crippen molar-refractivity contribution in [3.63, 3.8) is 0 Å². The molecule has 0 unspecified atom stereocenters. The van der Waals surface area contributed by atoms with E-state index in [9.17, 15) is 23.2 Å². The summed E-state index contributed by atoms with van der Waals surface area (Å²) in [6.45, 7) is 14.4. The monoisotopic (exact) mass is 758 g/mol. The average molecular weight is 759 g/mol. The van der Waals surface area contributed by atoms with Gasteiger partial charge in [0.15, 0.2) is 5.01 Å². The Bertz CT molecular complexity index is 2170. The van der Waals surface area contributed by atoms with Gasteiger partial charge in [-0.05, 0) is 80.5 Å². The molecule has 54 heavy (non-hydrogen) atoms. The molecular weight excluding hydrogens is 715 g/mol. The van der Waals surface area contributed by atoms with Crippen LogP contribution in [0.4, 0.5) is 30.0 Å². The first kappa shape index (κ1) is 38.4. The van der Waals surface area contributed by atoms with Crippen LogP contribution in [0.1, 0.15) is 86.3 Å². The third-order valence-electron chi connectivity index (χ3n) is 9.23. The fraction of sp³-hybridized carbons (Fsp3) is 0.375. The number of nitrogens with zero attached hydrogens (tertiary/aromatic N) is 5. The van der Waals surface area contributed by atoms with E-state index in [0.29, 0.717) is 46.7 Å². The molecule has 0 saturated heterocycles. The lowest BCUT2D eigenvalue weighted by Gasteiger charge is -2.37. The first-order valence-corrected chi connectivity index (χ1v) is 18.5. The number of alkyl halides is 2. The Labute approximate surface area is 316 Å². The van der Waals surface area contributed by atoms with E-state index in [1.54, 1.807) is 14.4 Å². The minimum absolute atomic E-state index is 0.00419. The molecule has 0 saturated carbocycles. The Morgan fingerprint density at radius 3 is 2.39 bits per heavy atom. The van der Waals surface area contributed by atoms with Crippen molar-refractivity contribution >= 4 is 52.1 Å². The number of benzene rings is 3. The number of anilines is 2. The van der Waals surface area contributed by atoms with Crippen LogP contribution < -0.4 is 10.2 Å². The molecule has 1 atom stereocenters. The number of amides is 3. The van der Waals surface area contributed by atoms with Crippen molar-refractivity contribution in [1.82, 2.24) is 19.4 Å². The fourth-order valence-electron chi connectivity index (χ4n) is 6.07. The number of rotatable bonds is 9. The first-order chi connectivity index (χ1) is 25.5. The Kier molecular flexibility index (Phi) is 10.8. The molecular formula is C40H44F2N6O5S. The van der Waals surface area contributed by atoms with Crippen molar-refractivity contribution in [3.05, 3.63) is 99.5 Å². The number of nitrogens with one attached hydrogen (secondary N) is 1. The van der Waals surface area contributed by atoms with E-state index >= 15 is 0 Å². The fourth-order valence-corrected chi connectivity index (χ4v) is 6.73. The second-order valence-electron chi connectivity index (χ2n) is 15.3. The molecule has 11 nitrogen and oxygen atoms in total. The van der Waals surface area contributed by atoms with Crippen molar-refractivity contribution in [2.75, 3.05) is 16.8 Å². The number of fused-ring (bicyclic) bond motifs is 2. The molecule has 1 aliphatic rings. The van der Waals surface area contributed by atoms with Crippen LogP contribution in [-0.2, 0) is 29.0 Å². The van der Waals surface area contributed by atoms with Crippen LogP contribution in [0.15, 0.2) is 72.9 Å². The molecule has 0 bridgehead atoms. The van der Waals surface area contributed by atoms with Crippen LogP contribution >= 0.6 is 11.3 Å². The molecule has 0 spiro atoms. The average Bonchev–Trinajstić information content (AvgIpc) is 3.85. The third kappa shape index (κ3) is 8.54. The summed E-state index contributed by atoms with van der Waals surface area (Å²) in [6, 6.07) is 20.5. The quantitative estimate of drug-likeness (QED) is 0.159. The molecule has 1 aliphatic heterocycles. The zero-order chi connectivity index (χ0) is 38.9. The number of ether oxygens (including phenoxy) is 2. The van der Waals surface area contributed by atoms with Crippen LogP contribution in [0, 0.1) is 5.41 Å². The smallest absolute Gasteiger partial charge is 0.414 e. The van der Waals surface area contributed by atoms with Crippen LogP contribution in [0.2, 0.25) is 0 Å². The third-order valence-corrected chi connectivity index (χ3v) is 10.2.